The van der Waals surface area contributed by atoms with Crippen LogP contribution in [0.5, 0.6) is 0 Å². The van der Waals surface area contributed by atoms with Crippen molar-refractivity contribution in [2.24, 2.45) is 0 Å². The zero-order valence-electron chi connectivity index (χ0n) is 7.76. The van der Waals surface area contributed by atoms with Crippen molar-refractivity contribution in [1.82, 2.24) is 0 Å². The maximum Gasteiger partial charge on any atom is 0.378 e. The Balaban J connectivity index is 2.78. The molecule has 0 aromatic rings. The molecule has 1 aliphatic heterocycles. The Labute approximate surface area is 84.7 Å². The first-order valence-corrected chi connectivity index (χ1v) is 3.86. The maximum absolute atomic E-state index is 10.7. The molecule has 80 valence electrons. The van der Waals surface area contributed by atoms with Gasteiger partial charge in [0.15, 0.2) is 0 Å². The van der Waals surface area contributed by atoms with Crippen LogP contribution >= 0.6 is 0 Å². The highest BCUT2D eigenvalue weighted by Gasteiger charge is 2.20. The fraction of sp³-hybridized carbons (Fsp3) is 0.111. The number of hydrogen-bond acceptors (Lipinski definition) is 6. The molecule has 0 atom stereocenters. The molecule has 0 aliphatic carbocycles. The van der Waals surface area contributed by atoms with E-state index in [9.17, 15) is 9.59 Å². The van der Waals surface area contributed by atoms with Crippen LogP contribution < -0.4 is 0 Å². The highest BCUT2D eigenvalue weighted by Crippen LogP contribution is 2.15. The molecule has 0 unspecified atom stereocenters. The summed E-state index contributed by atoms with van der Waals surface area (Å²) in [5, 5.41) is 18.0. The number of aliphatic hydroxyl groups is 2. The van der Waals surface area contributed by atoms with E-state index in [1.165, 1.54) is 0 Å². The minimum atomic E-state index is -0.910. The van der Waals surface area contributed by atoms with E-state index in [1.807, 2.05) is 0 Å². The normalized spacial score (nSPS) is 18.7. The Hall–Kier alpha value is -2.24. The molecule has 15 heavy (non-hydrogen) atoms. The number of rotatable bonds is 2. The van der Waals surface area contributed by atoms with E-state index in [2.05, 4.69) is 9.47 Å². The number of aliphatic hydroxyl groups excluding tert-OH is 2. The van der Waals surface area contributed by atoms with E-state index in [-0.39, 0.29) is 5.76 Å². The van der Waals surface area contributed by atoms with E-state index in [0.717, 1.165) is 25.3 Å². The van der Waals surface area contributed by atoms with E-state index in [1.54, 1.807) is 0 Å². The Kier molecular flexibility index (Phi) is 3.12. The summed E-state index contributed by atoms with van der Waals surface area (Å²) in [4.78, 5) is 21.3. The number of carbonyl (C=O) groups excluding carboxylic acids is 2. The molecule has 0 aromatic heterocycles. The van der Waals surface area contributed by atoms with Crippen molar-refractivity contribution in [1.29, 1.82) is 0 Å². The minimum Gasteiger partial charge on any atom is -0.508 e. The summed E-state index contributed by atoms with van der Waals surface area (Å²) in [6.45, 7) is 0. The molecule has 0 spiro atoms. The van der Waals surface area contributed by atoms with Crippen molar-refractivity contribution in [3.8, 4) is 0 Å². The minimum absolute atomic E-state index is 0.0600. The number of methoxy groups -OCH3 is 1. The molecule has 0 bridgehead atoms. The van der Waals surface area contributed by atoms with Gasteiger partial charge in [-0.1, -0.05) is 0 Å². The van der Waals surface area contributed by atoms with Gasteiger partial charge in [-0.2, -0.15) is 0 Å². The number of carbonyl (C=O) groups is 2. The fourth-order valence-electron chi connectivity index (χ4n) is 0.821. The van der Waals surface area contributed by atoms with Crippen molar-refractivity contribution in [2.75, 3.05) is 7.11 Å². The summed E-state index contributed by atoms with van der Waals surface area (Å²) < 4.78 is 8.74. The van der Waals surface area contributed by atoms with Crippen molar-refractivity contribution >= 4 is 11.9 Å². The Morgan fingerprint density at radius 1 is 1.60 bits per heavy atom. The summed E-state index contributed by atoms with van der Waals surface area (Å²) in [6.07, 6.45) is 2.81. The van der Waals surface area contributed by atoms with Gasteiger partial charge in [0.2, 0.25) is 5.76 Å². The maximum atomic E-state index is 10.7. The van der Waals surface area contributed by atoms with Gasteiger partial charge in [-0.15, -0.1) is 0 Å². The van der Waals surface area contributed by atoms with Crippen LogP contribution in [0, 0.1) is 0 Å². The first-order valence-electron chi connectivity index (χ1n) is 3.86. The predicted molar refractivity (Wildman–Crippen MR) is 47.6 cm³/mol. The first kappa shape index (κ1) is 10.8. The molecule has 6 heteroatoms. The molecule has 6 nitrogen and oxygen atoms in total. The van der Waals surface area contributed by atoms with Crippen LogP contribution in [0.4, 0.5) is 0 Å². The third-order valence-corrected chi connectivity index (χ3v) is 1.46. The van der Waals surface area contributed by atoms with Crippen LogP contribution in [-0.4, -0.2) is 29.3 Å². The largest absolute Gasteiger partial charge is 0.508 e. The lowest BCUT2D eigenvalue weighted by molar-refractivity contribution is -0.136. The lowest BCUT2D eigenvalue weighted by Gasteiger charge is -1.95. The van der Waals surface area contributed by atoms with E-state index in [4.69, 9.17) is 10.2 Å². The third-order valence-electron chi connectivity index (χ3n) is 1.46. The SMILES string of the molecule is COC(=O)C=C(O)C=C1C=C(O)C(=O)O1. The number of ether oxygens (including phenoxy) is 2. The molecule has 0 amide bonds. The second-order valence-electron chi connectivity index (χ2n) is 2.56. The number of esters is 2. The quantitative estimate of drug-likeness (QED) is 0.393. The standard InChI is InChI=1S/C9H8O6/c1-14-8(12)3-5(10)2-6-4-7(11)9(13)15-6/h2-4,10-11H,1H3. The average molecular weight is 212 g/mol. The predicted octanol–water partition coefficient (Wildman–Crippen LogP) is 0.484. The highest BCUT2D eigenvalue weighted by atomic mass is 16.6. The van der Waals surface area contributed by atoms with Gasteiger partial charge in [0, 0.05) is 12.2 Å². The topological polar surface area (TPSA) is 93.1 Å². The number of hydrogen-bond donors (Lipinski definition) is 2. The van der Waals surface area contributed by atoms with Crippen molar-refractivity contribution in [2.45, 2.75) is 0 Å². The van der Waals surface area contributed by atoms with E-state index >= 15 is 0 Å². The molecule has 0 radical (unpaired) electrons. The number of allylic oxidation sites excluding steroid dienone is 2. The number of cyclic esters (lactones) is 1. The van der Waals surface area contributed by atoms with Crippen LogP contribution in [0.1, 0.15) is 0 Å². The summed E-state index contributed by atoms with van der Waals surface area (Å²) in [5.74, 6) is -2.73. The zero-order valence-corrected chi connectivity index (χ0v) is 7.76. The fourth-order valence-corrected chi connectivity index (χ4v) is 0.821. The van der Waals surface area contributed by atoms with Gasteiger partial charge >= 0.3 is 11.9 Å². The van der Waals surface area contributed by atoms with Crippen LogP contribution in [-0.2, 0) is 19.1 Å². The molecule has 1 aliphatic rings. The van der Waals surface area contributed by atoms with Crippen molar-refractivity contribution < 1.29 is 29.3 Å². The third kappa shape index (κ3) is 2.87. The van der Waals surface area contributed by atoms with Crippen molar-refractivity contribution in [3.05, 3.63) is 35.5 Å². The molecule has 1 heterocycles. The lowest BCUT2D eigenvalue weighted by Crippen LogP contribution is -1.98. The van der Waals surface area contributed by atoms with Gasteiger partial charge in [0.25, 0.3) is 0 Å². The van der Waals surface area contributed by atoms with Gasteiger partial charge in [0.1, 0.15) is 11.5 Å². The smallest absolute Gasteiger partial charge is 0.378 e. The zero-order chi connectivity index (χ0) is 11.4. The van der Waals surface area contributed by atoms with Gasteiger partial charge < -0.3 is 19.7 Å². The highest BCUT2D eigenvalue weighted by molar-refractivity contribution is 5.90. The Morgan fingerprint density at radius 2 is 2.27 bits per heavy atom. The molecule has 0 saturated heterocycles. The molecule has 2 N–H and O–H groups in total. The second kappa shape index (κ2) is 4.32. The van der Waals surface area contributed by atoms with Gasteiger partial charge in [-0.25, -0.2) is 9.59 Å². The summed E-state index contributed by atoms with van der Waals surface area (Å²) >= 11 is 0. The van der Waals surface area contributed by atoms with Crippen LogP contribution in [0.15, 0.2) is 35.5 Å². The van der Waals surface area contributed by atoms with Gasteiger partial charge in [-0.05, 0) is 0 Å². The van der Waals surface area contributed by atoms with E-state index in [0.29, 0.717) is 0 Å². The van der Waals surface area contributed by atoms with Crippen LogP contribution in [0.3, 0.4) is 0 Å². The first-order chi connectivity index (χ1) is 7.02. The van der Waals surface area contributed by atoms with Gasteiger partial charge in [0.05, 0.1) is 13.2 Å². The summed E-state index contributed by atoms with van der Waals surface area (Å²) in [7, 11) is 1.15. The second-order valence-corrected chi connectivity index (χ2v) is 2.56. The molecule has 1 rings (SSSR count). The van der Waals surface area contributed by atoms with Crippen molar-refractivity contribution in [3.63, 3.8) is 0 Å². The molecule has 0 aromatic carbocycles. The molecule has 0 saturated carbocycles. The van der Waals surface area contributed by atoms with E-state index < -0.39 is 23.5 Å². The van der Waals surface area contributed by atoms with Crippen LogP contribution in [0.25, 0.3) is 0 Å². The Bertz CT molecular complexity index is 387. The molecular formula is C9H8O6. The summed E-state index contributed by atoms with van der Waals surface area (Å²) in [5.41, 5.74) is 0. The van der Waals surface area contributed by atoms with Gasteiger partial charge in [-0.3, -0.25) is 0 Å². The van der Waals surface area contributed by atoms with Crippen LogP contribution in [0.2, 0.25) is 0 Å². The Morgan fingerprint density at radius 3 is 2.73 bits per heavy atom. The lowest BCUT2D eigenvalue weighted by atomic mass is 10.3. The molecular weight excluding hydrogens is 204 g/mol. The monoisotopic (exact) mass is 212 g/mol. The average Bonchev–Trinajstić information content (AvgIpc) is 2.45. The summed E-state index contributed by atoms with van der Waals surface area (Å²) in [6, 6.07) is 0. The molecule has 0 fully saturated rings.